The molecule has 0 bridgehead atoms. The number of nitrogens with zero attached hydrogens (tertiary/aromatic N) is 1. The van der Waals surface area contributed by atoms with Gasteiger partial charge in [0, 0.05) is 18.5 Å². The van der Waals surface area contributed by atoms with Gasteiger partial charge in [-0.25, -0.2) is 10.8 Å². The maximum absolute atomic E-state index is 12.1. The Labute approximate surface area is 116 Å². The number of aliphatic hydroxyl groups is 1. The molecule has 0 spiro atoms. The average Bonchev–Trinajstić information content (AvgIpc) is 2.49. The number of pyridine rings is 1. The highest BCUT2D eigenvalue weighted by Gasteiger charge is 2.11. The number of anilines is 2. The molecule has 0 saturated heterocycles. The number of hydrazine groups is 1. The summed E-state index contributed by atoms with van der Waals surface area (Å²) in [4.78, 5) is 16.1. The standard InChI is InChI=1S/C14H16N4O2/c15-18-13-12(2-1-8-16-13)14(20)17-11-5-3-10(4-6-11)7-9-19/h1-6,8,19H,7,9,15H2,(H,16,18)(H,17,20). The number of aromatic nitrogens is 1. The number of nitrogens with one attached hydrogen (secondary N) is 2. The zero-order valence-corrected chi connectivity index (χ0v) is 10.8. The Morgan fingerprint density at radius 1 is 1.25 bits per heavy atom. The molecule has 0 unspecified atom stereocenters. The minimum absolute atomic E-state index is 0.104. The fraction of sp³-hybridized carbons (Fsp3) is 0.143. The monoisotopic (exact) mass is 272 g/mol. The first-order valence-corrected chi connectivity index (χ1v) is 6.17. The molecule has 6 heteroatoms. The van der Waals surface area contributed by atoms with Crippen molar-refractivity contribution >= 4 is 17.4 Å². The fourth-order valence-electron chi connectivity index (χ4n) is 1.79. The van der Waals surface area contributed by atoms with E-state index in [-0.39, 0.29) is 12.5 Å². The number of carbonyl (C=O) groups is 1. The van der Waals surface area contributed by atoms with E-state index >= 15 is 0 Å². The predicted octanol–water partition coefficient (Wildman–Crippen LogP) is 1.15. The van der Waals surface area contributed by atoms with Crippen LogP contribution in [0.2, 0.25) is 0 Å². The minimum Gasteiger partial charge on any atom is -0.396 e. The van der Waals surface area contributed by atoms with E-state index in [9.17, 15) is 4.79 Å². The number of rotatable bonds is 5. The number of hydrogen-bond acceptors (Lipinski definition) is 5. The SMILES string of the molecule is NNc1ncccc1C(=O)Nc1ccc(CCO)cc1. The van der Waals surface area contributed by atoms with E-state index in [1.807, 2.05) is 12.1 Å². The number of hydrogen-bond donors (Lipinski definition) is 4. The molecule has 2 rings (SSSR count). The third-order valence-corrected chi connectivity index (χ3v) is 2.80. The summed E-state index contributed by atoms with van der Waals surface area (Å²) in [5, 5.41) is 11.6. The van der Waals surface area contributed by atoms with Crippen molar-refractivity contribution in [2.75, 3.05) is 17.3 Å². The molecule has 1 aromatic heterocycles. The van der Waals surface area contributed by atoms with Crippen LogP contribution in [0.15, 0.2) is 42.6 Å². The molecule has 104 valence electrons. The smallest absolute Gasteiger partial charge is 0.259 e. The first-order chi connectivity index (χ1) is 9.74. The van der Waals surface area contributed by atoms with Gasteiger partial charge in [0.2, 0.25) is 0 Å². The molecule has 0 atom stereocenters. The van der Waals surface area contributed by atoms with Crippen molar-refractivity contribution in [3.63, 3.8) is 0 Å². The van der Waals surface area contributed by atoms with Crippen LogP contribution in [0.4, 0.5) is 11.5 Å². The molecular weight excluding hydrogens is 256 g/mol. The minimum atomic E-state index is -0.291. The molecule has 1 aromatic carbocycles. The topological polar surface area (TPSA) is 100 Å². The molecule has 1 heterocycles. The third-order valence-electron chi connectivity index (χ3n) is 2.80. The van der Waals surface area contributed by atoms with Gasteiger partial charge in [-0.3, -0.25) is 4.79 Å². The maximum atomic E-state index is 12.1. The van der Waals surface area contributed by atoms with Gasteiger partial charge in [0.05, 0.1) is 5.56 Å². The van der Waals surface area contributed by atoms with Crippen LogP contribution in [0.25, 0.3) is 0 Å². The first-order valence-electron chi connectivity index (χ1n) is 6.17. The van der Waals surface area contributed by atoms with Crippen molar-refractivity contribution < 1.29 is 9.90 Å². The van der Waals surface area contributed by atoms with E-state index in [1.165, 1.54) is 0 Å². The molecule has 0 aliphatic rings. The molecule has 0 aliphatic carbocycles. The van der Waals surface area contributed by atoms with Gasteiger partial charge in [-0.05, 0) is 36.2 Å². The third kappa shape index (κ3) is 3.31. The second-order valence-corrected chi connectivity index (χ2v) is 4.17. The lowest BCUT2D eigenvalue weighted by atomic mass is 10.1. The molecular formula is C14H16N4O2. The Morgan fingerprint density at radius 2 is 2.00 bits per heavy atom. The predicted molar refractivity (Wildman–Crippen MR) is 77.2 cm³/mol. The average molecular weight is 272 g/mol. The highest BCUT2D eigenvalue weighted by molar-refractivity contribution is 6.07. The van der Waals surface area contributed by atoms with Gasteiger partial charge in [-0.1, -0.05) is 12.1 Å². The van der Waals surface area contributed by atoms with Crippen LogP contribution < -0.4 is 16.6 Å². The van der Waals surface area contributed by atoms with Crippen LogP contribution in [0.5, 0.6) is 0 Å². The zero-order valence-electron chi connectivity index (χ0n) is 10.8. The molecule has 5 N–H and O–H groups in total. The van der Waals surface area contributed by atoms with E-state index in [0.717, 1.165) is 5.56 Å². The van der Waals surface area contributed by atoms with Gasteiger partial charge >= 0.3 is 0 Å². The summed E-state index contributed by atoms with van der Waals surface area (Å²) in [6.45, 7) is 0.104. The molecule has 0 fully saturated rings. The van der Waals surface area contributed by atoms with Crippen LogP contribution in [0.3, 0.4) is 0 Å². The van der Waals surface area contributed by atoms with Crippen molar-refractivity contribution in [1.29, 1.82) is 0 Å². The largest absolute Gasteiger partial charge is 0.396 e. The fourth-order valence-corrected chi connectivity index (χ4v) is 1.79. The van der Waals surface area contributed by atoms with E-state index in [2.05, 4.69) is 15.7 Å². The Balaban J connectivity index is 2.11. The number of nitrogens with two attached hydrogens (primary N) is 1. The molecule has 2 aromatic rings. The number of amides is 1. The summed E-state index contributed by atoms with van der Waals surface area (Å²) in [7, 11) is 0. The van der Waals surface area contributed by atoms with Gasteiger partial charge in [0.15, 0.2) is 5.82 Å². The van der Waals surface area contributed by atoms with E-state index < -0.39 is 0 Å². The highest BCUT2D eigenvalue weighted by Crippen LogP contribution is 2.15. The molecule has 0 radical (unpaired) electrons. The zero-order chi connectivity index (χ0) is 14.4. The molecule has 0 saturated carbocycles. The van der Waals surface area contributed by atoms with E-state index in [1.54, 1.807) is 30.5 Å². The summed E-state index contributed by atoms with van der Waals surface area (Å²) in [6, 6.07) is 10.6. The lowest BCUT2D eigenvalue weighted by molar-refractivity contribution is 0.102. The van der Waals surface area contributed by atoms with Crippen LogP contribution in [-0.4, -0.2) is 22.6 Å². The lowest BCUT2D eigenvalue weighted by Crippen LogP contribution is -2.18. The summed E-state index contributed by atoms with van der Waals surface area (Å²) in [5.74, 6) is 5.35. The van der Waals surface area contributed by atoms with Crippen molar-refractivity contribution in [3.05, 3.63) is 53.7 Å². The van der Waals surface area contributed by atoms with Crippen LogP contribution in [0, 0.1) is 0 Å². The molecule has 20 heavy (non-hydrogen) atoms. The number of aliphatic hydroxyl groups excluding tert-OH is 1. The van der Waals surface area contributed by atoms with Crippen LogP contribution in [-0.2, 0) is 6.42 Å². The van der Waals surface area contributed by atoms with E-state index in [0.29, 0.717) is 23.5 Å². The van der Waals surface area contributed by atoms with Crippen molar-refractivity contribution in [2.24, 2.45) is 5.84 Å². The van der Waals surface area contributed by atoms with E-state index in [4.69, 9.17) is 10.9 Å². The Morgan fingerprint density at radius 3 is 2.65 bits per heavy atom. The Hall–Kier alpha value is -2.44. The van der Waals surface area contributed by atoms with Crippen molar-refractivity contribution in [2.45, 2.75) is 6.42 Å². The quantitative estimate of drug-likeness (QED) is 0.483. The van der Waals surface area contributed by atoms with Gasteiger partial charge in [0.1, 0.15) is 0 Å². The van der Waals surface area contributed by atoms with Crippen molar-refractivity contribution in [3.8, 4) is 0 Å². The first kappa shape index (κ1) is 14.0. The molecule has 6 nitrogen and oxygen atoms in total. The van der Waals surface area contributed by atoms with Crippen LogP contribution in [0.1, 0.15) is 15.9 Å². The Kier molecular flexibility index (Phi) is 4.65. The van der Waals surface area contributed by atoms with Gasteiger partial charge < -0.3 is 15.8 Å². The van der Waals surface area contributed by atoms with Crippen LogP contribution >= 0.6 is 0 Å². The normalized spacial score (nSPS) is 10.1. The highest BCUT2D eigenvalue weighted by atomic mass is 16.2. The van der Waals surface area contributed by atoms with Gasteiger partial charge in [-0.15, -0.1) is 0 Å². The number of carbonyl (C=O) groups excluding carboxylic acids is 1. The van der Waals surface area contributed by atoms with Gasteiger partial charge in [-0.2, -0.15) is 0 Å². The summed E-state index contributed by atoms with van der Waals surface area (Å²) in [6.07, 6.45) is 2.15. The summed E-state index contributed by atoms with van der Waals surface area (Å²) >= 11 is 0. The summed E-state index contributed by atoms with van der Waals surface area (Å²) < 4.78 is 0. The Bertz CT molecular complexity index is 584. The van der Waals surface area contributed by atoms with Gasteiger partial charge in [0.25, 0.3) is 5.91 Å². The second kappa shape index (κ2) is 6.65. The lowest BCUT2D eigenvalue weighted by Gasteiger charge is -2.09. The summed E-state index contributed by atoms with van der Waals surface area (Å²) in [5.41, 5.74) is 4.44. The maximum Gasteiger partial charge on any atom is 0.259 e. The number of nitrogen functional groups attached to an aromatic ring is 1. The molecule has 0 aliphatic heterocycles. The number of benzene rings is 1. The van der Waals surface area contributed by atoms with Crippen molar-refractivity contribution in [1.82, 2.24) is 4.98 Å². The molecule has 1 amide bonds. The second-order valence-electron chi connectivity index (χ2n) is 4.17.